The van der Waals surface area contributed by atoms with Crippen molar-refractivity contribution in [3.8, 4) is 0 Å². The van der Waals surface area contributed by atoms with E-state index in [0.717, 1.165) is 96.8 Å². The van der Waals surface area contributed by atoms with E-state index in [4.69, 9.17) is 4.74 Å². The van der Waals surface area contributed by atoms with Crippen LogP contribution in [-0.2, 0) is 14.3 Å². The van der Waals surface area contributed by atoms with Crippen molar-refractivity contribution < 1.29 is 19.4 Å². The number of carbonyl (C=O) groups excluding carboxylic acids is 2. The zero-order valence-corrected chi connectivity index (χ0v) is 38.8. The van der Waals surface area contributed by atoms with Crippen LogP contribution in [0.15, 0.2) is 0 Å². The van der Waals surface area contributed by atoms with E-state index < -0.39 is 0 Å². The first-order valence-electron chi connectivity index (χ1n) is 25.2. The Bertz CT molecular complexity index is 820. The molecule has 1 amide bonds. The van der Waals surface area contributed by atoms with Crippen molar-refractivity contribution in [2.24, 2.45) is 0 Å². The fourth-order valence-corrected chi connectivity index (χ4v) is 8.35. The number of amides is 1. The third-order valence-electron chi connectivity index (χ3n) is 12.2. The summed E-state index contributed by atoms with van der Waals surface area (Å²) in [5.41, 5.74) is -0.251. The van der Waals surface area contributed by atoms with Crippen molar-refractivity contribution in [2.75, 3.05) is 39.8 Å². The van der Waals surface area contributed by atoms with E-state index >= 15 is 0 Å². The molecule has 0 atom stereocenters. The Morgan fingerprint density at radius 3 is 1.20 bits per heavy atom. The second-order valence-corrected chi connectivity index (χ2v) is 17.7. The first-order valence-corrected chi connectivity index (χ1v) is 25.2. The monoisotopic (exact) mass is 793 g/mol. The van der Waals surface area contributed by atoms with Crippen LogP contribution in [-0.4, -0.2) is 72.2 Å². The average Bonchev–Trinajstić information content (AvgIpc) is 3.19. The average molecular weight is 793 g/mol. The van der Waals surface area contributed by atoms with Crippen molar-refractivity contribution >= 4 is 11.9 Å². The lowest BCUT2D eigenvalue weighted by atomic mass is 9.84. The minimum absolute atomic E-state index is 0.0500. The molecule has 6 heteroatoms. The molecule has 0 aromatic rings. The Hall–Kier alpha value is -1.14. The van der Waals surface area contributed by atoms with Crippen LogP contribution in [0.5, 0.6) is 0 Å². The maximum absolute atomic E-state index is 13.4. The van der Waals surface area contributed by atoms with Gasteiger partial charge >= 0.3 is 5.97 Å². The minimum atomic E-state index is -0.251. The van der Waals surface area contributed by atoms with Gasteiger partial charge in [0.2, 0.25) is 5.91 Å². The van der Waals surface area contributed by atoms with E-state index in [1.807, 2.05) is 11.9 Å². The molecule has 1 N–H and O–H groups in total. The SMILES string of the molecule is CCCCCCCCN(C)C(=O)CCCCCCCN(CCO)CCCCCCCC(=O)OC(CCCCCC)(CCCCCCCC)CCCCCCCC. The summed E-state index contributed by atoms with van der Waals surface area (Å²) in [6.07, 6.45) is 43.5. The normalized spacial score (nSPS) is 11.8. The standard InChI is InChI=1S/C50H100N2O4/c1-6-10-14-18-25-33-41-50(40-32-17-13-9-4,42-34-26-19-15-11-7-2)56-49(55)39-31-24-22-29-37-45-52(46-47-53)44-36-28-21-23-30-38-48(54)51(5)43-35-27-20-16-12-8-3/h53H,6-47H2,1-5H3. The van der Waals surface area contributed by atoms with E-state index in [1.165, 1.54) is 154 Å². The lowest BCUT2D eigenvalue weighted by molar-refractivity contribution is -0.163. The number of nitrogens with zero attached hydrogens (tertiary/aromatic N) is 2. The highest BCUT2D eigenvalue weighted by molar-refractivity contribution is 5.75. The van der Waals surface area contributed by atoms with Crippen molar-refractivity contribution in [1.82, 2.24) is 9.80 Å². The van der Waals surface area contributed by atoms with Gasteiger partial charge in [-0.3, -0.25) is 9.59 Å². The zero-order valence-electron chi connectivity index (χ0n) is 38.8. The first kappa shape index (κ1) is 54.9. The number of carbonyl (C=O) groups is 2. The highest BCUT2D eigenvalue weighted by atomic mass is 16.6. The molecule has 0 rings (SSSR count). The van der Waals surface area contributed by atoms with Gasteiger partial charge in [0.05, 0.1) is 6.61 Å². The van der Waals surface area contributed by atoms with Gasteiger partial charge in [-0.1, -0.05) is 182 Å². The molecule has 0 heterocycles. The van der Waals surface area contributed by atoms with Gasteiger partial charge in [-0.25, -0.2) is 0 Å². The molecule has 334 valence electrons. The van der Waals surface area contributed by atoms with Crippen LogP contribution in [0.3, 0.4) is 0 Å². The summed E-state index contributed by atoms with van der Waals surface area (Å²) in [5, 5.41) is 9.65. The lowest BCUT2D eigenvalue weighted by Crippen LogP contribution is -2.35. The van der Waals surface area contributed by atoms with Gasteiger partial charge in [-0.15, -0.1) is 0 Å². The summed E-state index contributed by atoms with van der Waals surface area (Å²) < 4.78 is 6.59. The molecular weight excluding hydrogens is 693 g/mol. The second kappa shape index (κ2) is 42.0. The fourth-order valence-electron chi connectivity index (χ4n) is 8.35. The van der Waals surface area contributed by atoms with Crippen LogP contribution in [0, 0.1) is 0 Å². The van der Waals surface area contributed by atoms with E-state index in [-0.39, 0.29) is 18.2 Å². The predicted molar refractivity (Wildman–Crippen MR) is 244 cm³/mol. The van der Waals surface area contributed by atoms with Crippen molar-refractivity contribution in [1.29, 1.82) is 0 Å². The topological polar surface area (TPSA) is 70.1 Å². The van der Waals surface area contributed by atoms with Crippen molar-refractivity contribution in [3.05, 3.63) is 0 Å². The van der Waals surface area contributed by atoms with E-state index in [1.54, 1.807) is 0 Å². The van der Waals surface area contributed by atoms with Crippen LogP contribution < -0.4 is 0 Å². The maximum atomic E-state index is 13.4. The Morgan fingerprint density at radius 2 is 0.768 bits per heavy atom. The number of rotatable bonds is 45. The smallest absolute Gasteiger partial charge is 0.306 e. The molecule has 0 saturated carbocycles. The summed E-state index contributed by atoms with van der Waals surface area (Å²) in [7, 11) is 1.97. The van der Waals surface area contributed by atoms with Gasteiger partial charge < -0.3 is 19.6 Å². The molecule has 0 aliphatic carbocycles. The molecule has 0 aliphatic rings. The summed E-state index contributed by atoms with van der Waals surface area (Å²) in [4.78, 5) is 30.2. The van der Waals surface area contributed by atoms with Gasteiger partial charge in [-0.2, -0.15) is 0 Å². The van der Waals surface area contributed by atoms with Crippen LogP contribution in [0.1, 0.15) is 265 Å². The highest BCUT2D eigenvalue weighted by Gasteiger charge is 2.33. The third-order valence-corrected chi connectivity index (χ3v) is 12.2. The van der Waals surface area contributed by atoms with Gasteiger partial charge in [0.25, 0.3) is 0 Å². The van der Waals surface area contributed by atoms with Crippen LogP contribution >= 0.6 is 0 Å². The molecule has 0 radical (unpaired) electrons. The lowest BCUT2D eigenvalue weighted by Gasteiger charge is -2.34. The number of aliphatic hydroxyl groups is 1. The molecule has 0 bridgehead atoms. The minimum Gasteiger partial charge on any atom is -0.459 e. The Kier molecular flexibility index (Phi) is 41.1. The molecule has 56 heavy (non-hydrogen) atoms. The molecule has 0 aromatic carbocycles. The Morgan fingerprint density at radius 1 is 0.429 bits per heavy atom. The largest absolute Gasteiger partial charge is 0.459 e. The van der Waals surface area contributed by atoms with Gasteiger partial charge in [0, 0.05) is 33.0 Å². The molecule has 0 spiro atoms. The maximum Gasteiger partial charge on any atom is 0.306 e. The van der Waals surface area contributed by atoms with E-state index in [2.05, 4.69) is 32.6 Å². The second-order valence-electron chi connectivity index (χ2n) is 17.7. The number of hydrogen-bond donors (Lipinski definition) is 1. The zero-order chi connectivity index (χ0) is 41.2. The number of esters is 1. The number of aliphatic hydroxyl groups excluding tert-OH is 1. The van der Waals surface area contributed by atoms with Crippen LogP contribution in [0.2, 0.25) is 0 Å². The molecule has 0 unspecified atom stereocenters. The van der Waals surface area contributed by atoms with E-state index in [0.29, 0.717) is 18.7 Å². The predicted octanol–water partition coefficient (Wildman–Crippen LogP) is 14.5. The van der Waals surface area contributed by atoms with Crippen molar-refractivity contribution in [3.63, 3.8) is 0 Å². The highest BCUT2D eigenvalue weighted by Crippen LogP contribution is 2.34. The molecule has 0 aliphatic heterocycles. The molecule has 0 aromatic heterocycles. The summed E-state index contributed by atoms with van der Waals surface area (Å²) in [6.45, 7) is 13.0. The molecular formula is C50H100N2O4. The Balaban J connectivity index is 4.48. The van der Waals surface area contributed by atoms with Gasteiger partial charge in [0.1, 0.15) is 5.60 Å². The first-order chi connectivity index (χ1) is 27.4. The Labute approximate surface area is 350 Å². The summed E-state index contributed by atoms with van der Waals surface area (Å²) in [5.74, 6) is 0.356. The third kappa shape index (κ3) is 34.9. The summed E-state index contributed by atoms with van der Waals surface area (Å²) >= 11 is 0. The number of ether oxygens (including phenoxy) is 1. The quantitative estimate of drug-likeness (QED) is 0.0491. The molecule has 6 nitrogen and oxygen atoms in total. The number of unbranched alkanes of at least 4 members (excludes halogenated alkanes) is 26. The fraction of sp³-hybridized carbons (Fsp3) is 0.960. The molecule has 0 saturated heterocycles. The van der Waals surface area contributed by atoms with Crippen LogP contribution in [0.4, 0.5) is 0 Å². The van der Waals surface area contributed by atoms with Crippen molar-refractivity contribution in [2.45, 2.75) is 271 Å². The number of hydrogen-bond acceptors (Lipinski definition) is 5. The van der Waals surface area contributed by atoms with Gasteiger partial charge in [0.15, 0.2) is 0 Å². The summed E-state index contributed by atoms with van der Waals surface area (Å²) in [6, 6.07) is 0. The molecule has 0 fully saturated rings. The van der Waals surface area contributed by atoms with E-state index in [9.17, 15) is 14.7 Å². The van der Waals surface area contributed by atoms with Gasteiger partial charge in [-0.05, 0) is 83.7 Å². The van der Waals surface area contributed by atoms with Crippen LogP contribution in [0.25, 0.3) is 0 Å².